The van der Waals surface area contributed by atoms with Crippen LogP contribution in [-0.4, -0.2) is 6.54 Å². The molecule has 0 fully saturated rings. The fraction of sp³-hybridized carbons (Fsp3) is 0.389. The maximum absolute atomic E-state index is 8.07. The maximum Gasteiger partial charge on any atom is 0.0985 e. The normalized spacial score (nSPS) is 15.4. The summed E-state index contributed by atoms with van der Waals surface area (Å²) in [5, 5.41) is 11.2. The monoisotopic (exact) mass is 274 g/mol. The Morgan fingerprint density at radius 3 is 2.40 bits per heavy atom. The Balaban J connectivity index is -0.000000236. The van der Waals surface area contributed by atoms with Crippen molar-refractivity contribution in [2.45, 2.75) is 34.6 Å². The fourth-order valence-electron chi connectivity index (χ4n) is 1.08. The summed E-state index contributed by atoms with van der Waals surface area (Å²) in [7, 11) is 0. The summed E-state index contributed by atoms with van der Waals surface area (Å²) in [6.45, 7) is 20.6. The van der Waals surface area contributed by atoms with Crippen molar-refractivity contribution in [3.8, 4) is 6.07 Å². The zero-order valence-corrected chi connectivity index (χ0v) is 13.7. The summed E-state index contributed by atoms with van der Waals surface area (Å²) in [5.41, 5.74) is 1.91. The summed E-state index contributed by atoms with van der Waals surface area (Å²) in [4.78, 5) is 0. The van der Waals surface area contributed by atoms with E-state index < -0.39 is 0 Å². The molecule has 0 aromatic carbocycles. The number of hydrogen-bond acceptors (Lipinski definition) is 2. The van der Waals surface area contributed by atoms with Crippen LogP contribution in [-0.2, 0) is 0 Å². The van der Waals surface area contributed by atoms with Gasteiger partial charge in [-0.1, -0.05) is 51.2 Å². The Morgan fingerprint density at radius 2 is 2.00 bits per heavy atom. The van der Waals surface area contributed by atoms with Gasteiger partial charge in [0, 0.05) is 12.1 Å². The molecule has 0 aromatic heterocycles. The van der Waals surface area contributed by atoms with Crippen LogP contribution in [0.15, 0.2) is 61.4 Å². The molecule has 1 rings (SSSR count). The highest BCUT2D eigenvalue weighted by atomic mass is 14.8. The van der Waals surface area contributed by atoms with Gasteiger partial charge in [0.25, 0.3) is 0 Å². The first-order valence-electron chi connectivity index (χ1n) is 6.90. The topological polar surface area (TPSA) is 35.8 Å². The minimum atomic E-state index is 0.502. The Bertz CT molecular complexity index is 354. The zero-order valence-electron chi connectivity index (χ0n) is 13.7. The van der Waals surface area contributed by atoms with E-state index in [2.05, 4.69) is 57.3 Å². The second kappa shape index (κ2) is 19.3. The number of hydrogen-bond donors (Lipinski definition) is 1. The molecule has 0 bridgehead atoms. The molecule has 0 amide bonds. The number of nitriles is 1. The van der Waals surface area contributed by atoms with Gasteiger partial charge < -0.3 is 5.32 Å². The van der Waals surface area contributed by atoms with Crippen LogP contribution in [0.3, 0.4) is 0 Å². The van der Waals surface area contributed by atoms with E-state index >= 15 is 0 Å². The lowest BCUT2D eigenvalue weighted by Crippen LogP contribution is -2.02. The van der Waals surface area contributed by atoms with E-state index in [0.717, 1.165) is 6.54 Å². The largest absolute Gasteiger partial charge is 0.387 e. The minimum absolute atomic E-state index is 0.502. The molecule has 1 N–H and O–H groups in total. The van der Waals surface area contributed by atoms with Crippen molar-refractivity contribution in [2.24, 2.45) is 5.92 Å². The second-order valence-electron chi connectivity index (χ2n) is 3.65. The van der Waals surface area contributed by atoms with Crippen molar-refractivity contribution in [1.29, 1.82) is 5.26 Å². The van der Waals surface area contributed by atoms with Gasteiger partial charge in [0.1, 0.15) is 0 Å². The molecule has 0 saturated carbocycles. The Kier molecular flexibility index (Phi) is 22.3. The summed E-state index contributed by atoms with van der Waals surface area (Å²) < 4.78 is 0. The Morgan fingerprint density at radius 1 is 1.45 bits per heavy atom. The quantitative estimate of drug-likeness (QED) is 0.407. The summed E-state index contributed by atoms with van der Waals surface area (Å²) in [6.07, 6.45) is 9.93. The SMILES string of the molecule is C=C.C=C(C#N)/C=C\C.CC.CC1=CNCC=CC1C. The van der Waals surface area contributed by atoms with Crippen molar-refractivity contribution < 1.29 is 0 Å². The van der Waals surface area contributed by atoms with Crippen molar-refractivity contribution >= 4 is 0 Å². The maximum atomic E-state index is 8.07. The molecule has 1 aliphatic heterocycles. The first-order valence-corrected chi connectivity index (χ1v) is 6.90. The van der Waals surface area contributed by atoms with E-state index in [0.29, 0.717) is 11.5 Å². The molecule has 20 heavy (non-hydrogen) atoms. The zero-order chi connectivity index (χ0) is 16.4. The third kappa shape index (κ3) is 16.0. The summed E-state index contributed by atoms with van der Waals surface area (Å²) in [5.74, 6) is 0.611. The van der Waals surface area contributed by atoms with Crippen LogP contribution >= 0.6 is 0 Å². The van der Waals surface area contributed by atoms with Crippen LogP contribution in [0.4, 0.5) is 0 Å². The lowest BCUT2D eigenvalue weighted by Gasteiger charge is -2.02. The highest BCUT2D eigenvalue weighted by Gasteiger charge is 1.99. The second-order valence-corrected chi connectivity index (χ2v) is 3.65. The predicted octanol–water partition coefficient (Wildman–Crippen LogP) is 5.16. The van der Waals surface area contributed by atoms with Gasteiger partial charge >= 0.3 is 0 Å². The molecule has 112 valence electrons. The molecule has 0 radical (unpaired) electrons. The molecule has 1 unspecified atom stereocenters. The molecule has 0 saturated heterocycles. The van der Waals surface area contributed by atoms with E-state index in [-0.39, 0.29) is 0 Å². The van der Waals surface area contributed by atoms with Crippen LogP contribution in [0.25, 0.3) is 0 Å². The third-order valence-corrected chi connectivity index (χ3v) is 2.22. The van der Waals surface area contributed by atoms with Gasteiger partial charge in [-0.25, -0.2) is 0 Å². The average Bonchev–Trinajstić information content (AvgIpc) is 2.69. The van der Waals surface area contributed by atoms with E-state index in [1.54, 1.807) is 12.2 Å². The molecule has 1 heterocycles. The van der Waals surface area contributed by atoms with Crippen molar-refractivity contribution in [3.05, 3.63) is 61.4 Å². The average molecular weight is 274 g/mol. The highest BCUT2D eigenvalue weighted by Crippen LogP contribution is 2.10. The van der Waals surface area contributed by atoms with E-state index in [4.69, 9.17) is 5.26 Å². The third-order valence-electron chi connectivity index (χ3n) is 2.22. The molecule has 2 nitrogen and oxygen atoms in total. The first kappa shape index (κ1) is 23.1. The van der Waals surface area contributed by atoms with Gasteiger partial charge in [0.05, 0.1) is 6.07 Å². The first-order chi connectivity index (χ1) is 9.61. The Hall–Kier alpha value is -2.01. The van der Waals surface area contributed by atoms with Crippen LogP contribution < -0.4 is 5.32 Å². The van der Waals surface area contributed by atoms with Gasteiger partial charge in [-0.2, -0.15) is 5.26 Å². The van der Waals surface area contributed by atoms with Crippen LogP contribution in [0.5, 0.6) is 0 Å². The van der Waals surface area contributed by atoms with Crippen molar-refractivity contribution in [1.82, 2.24) is 5.32 Å². The van der Waals surface area contributed by atoms with E-state index in [1.165, 1.54) is 5.57 Å². The molecule has 0 spiro atoms. The van der Waals surface area contributed by atoms with Gasteiger partial charge in [-0.05, 0) is 32.0 Å². The predicted molar refractivity (Wildman–Crippen MR) is 92.2 cm³/mol. The summed E-state index contributed by atoms with van der Waals surface area (Å²) >= 11 is 0. The molecular weight excluding hydrogens is 244 g/mol. The fourth-order valence-corrected chi connectivity index (χ4v) is 1.08. The van der Waals surface area contributed by atoms with E-state index in [9.17, 15) is 0 Å². The molecule has 0 aromatic rings. The standard InChI is InChI=1S/C8H13N.C6H7N.C2H6.C2H4/c1-7-4-3-5-9-6-8(7)2;1-3-4-6(2)5-7;2*1-2/h3-4,6-7,9H,5H2,1-2H3;3-4H,2H2,1H3;1-2H3;1-2H2/b;4-3-;;. The van der Waals surface area contributed by atoms with Gasteiger partial charge in [0.15, 0.2) is 0 Å². The smallest absolute Gasteiger partial charge is 0.0985 e. The number of nitrogens with zero attached hydrogens (tertiary/aromatic N) is 1. The molecule has 0 aliphatic carbocycles. The highest BCUT2D eigenvalue weighted by molar-refractivity contribution is 5.28. The molecule has 1 atom stereocenters. The van der Waals surface area contributed by atoms with Crippen LogP contribution in [0.2, 0.25) is 0 Å². The lowest BCUT2D eigenvalue weighted by atomic mass is 10.0. The van der Waals surface area contributed by atoms with Gasteiger partial charge in [-0.15, -0.1) is 13.2 Å². The lowest BCUT2D eigenvalue weighted by molar-refractivity contribution is 0.856. The van der Waals surface area contributed by atoms with Crippen molar-refractivity contribution in [2.75, 3.05) is 6.54 Å². The van der Waals surface area contributed by atoms with Gasteiger partial charge in [-0.3, -0.25) is 0 Å². The number of nitrogens with one attached hydrogen (secondary N) is 1. The van der Waals surface area contributed by atoms with Crippen LogP contribution in [0, 0.1) is 17.2 Å². The Labute approximate surface area is 125 Å². The summed E-state index contributed by atoms with van der Waals surface area (Å²) in [6, 6.07) is 1.88. The number of rotatable bonds is 1. The minimum Gasteiger partial charge on any atom is -0.387 e. The van der Waals surface area contributed by atoms with E-state index in [1.807, 2.05) is 26.8 Å². The number of allylic oxidation sites excluding steroid dienone is 5. The molecular formula is C18H30N2. The van der Waals surface area contributed by atoms with Gasteiger partial charge in [0.2, 0.25) is 0 Å². The van der Waals surface area contributed by atoms with Crippen LogP contribution in [0.1, 0.15) is 34.6 Å². The van der Waals surface area contributed by atoms with Crippen molar-refractivity contribution in [3.63, 3.8) is 0 Å². The molecule has 2 heteroatoms. The molecule has 1 aliphatic rings.